The first-order valence-corrected chi connectivity index (χ1v) is 2.46. The smallest absolute Gasteiger partial charge is 0.0420 e. The molecule has 0 aromatic rings. The van der Waals surface area contributed by atoms with Gasteiger partial charge in [-0.25, -0.2) is 0 Å². The number of nitrogens with one attached hydrogen (secondary N) is 1. The highest BCUT2D eigenvalue weighted by Crippen LogP contribution is 2.06. The lowest BCUT2D eigenvalue weighted by molar-refractivity contribution is 1.09. The summed E-state index contributed by atoms with van der Waals surface area (Å²) in [6.07, 6.45) is 1.66. The van der Waals surface area contributed by atoms with Crippen molar-refractivity contribution in [2.45, 2.75) is 13.0 Å². The molecule has 0 spiro atoms. The lowest BCUT2D eigenvalue weighted by Crippen LogP contribution is -1.94. The number of hydrogen-bond acceptors (Lipinski definition) is 2. The summed E-state index contributed by atoms with van der Waals surface area (Å²) in [4.78, 5) is 0. The van der Waals surface area contributed by atoms with E-state index in [-0.39, 0.29) is 0 Å². The molecule has 0 saturated carbocycles. The fraction of sp³-hybridized carbons (Fsp3) is 0.600. The van der Waals surface area contributed by atoms with E-state index < -0.39 is 0 Å². The lowest BCUT2D eigenvalue weighted by Gasteiger charge is -1.87. The molecule has 3 N–H and O–H groups in total. The zero-order valence-electron chi connectivity index (χ0n) is 4.44. The molecule has 1 rings (SSSR count). The van der Waals surface area contributed by atoms with Crippen LogP contribution in [0.25, 0.3) is 0 Å². The van der Waals surface area contributed by atoms with Crippen LogP contribution < -0.4 is 11.1 Å². The van der Waals surface area contributed by atoms with Crippen LogP contribution in [0, 0.1) is 0 Å². The number of hydrogen-bond donors (Lipinski definition) is 2. The first-order chi connectivity index (χ1) is 3.34. The van der Waals surface area contributed by atoms with E-state index >= 15 is 0 Å². The van der Waals surface area contributed by atoms with Crippen LogP contribution >= 0.6 is 0 Å². The predicted molar refractivity (Wildman–Crippen MR) is 29.7 cm³/mol. The van der Waals surface area contributed by atoms with Crippen LogP contribution in [0.2, 0.25) is 0 Å². The minimum absolute atomic E-state index is 0.602. The molecule has 0 aromatic carbocycles. The highest BCUT2D eigenvalue weighted by molar-refractivity contribution is 5.13. The maximum absolute atomic E-state index is 5.21. The average Bonchev–Trinajstić information content (AvgIpc) is 2.44. The highest BCUT2D eigenvalue weighted by Gasteiger charge is 2.20. The molecule has 0 amide bonds. The van der Waals surface area contributed by atoms with Crippen molar-refractivity contribution in [3.63, 3.8) is 0 Å². The van der Waals surface area contributed by atoms with Gasteiger partial charge in [0.05, 0.1) is 0 Å². The third-order valence-corrected chi connectivity index (χ3v) is 1.22. The minimum Gasteiger partial charge on any atom is -0.405 e. The average molecular weight is 98.1 g/mol. The molecule has 0 radical (unpaired) electrons. The van der Waals surface area contributed by atoms with Gasteiger partial charge in [-0.2, -0.15) is 0 Å². The maximum Gasteiger partial charge on any atom is 0.0420 e. The van der Waals surface area contributed by atoms with Crippen molar-refractivity contribution < 1.29 is 0 Å². The second-order valence-corrected chi connectivity index (χ2v) is 1.87. The van der Waals surface area contributed by atoms with Gasteiger partial charge in [0, 0.05) is 12.6 Å². The maximum atomic E-state index is 5.21. The van der Waals surface area contributed by atoms with Crippen LogP contribution in [-0.2, 0) is 0 Å². The summed E-state index contributed by atoms with van der Waals surface area (Å²) in [6.45, 7) is 3.14. The third-order valence-electron chi connectivity index (χ3n) is 1.22. The molecule has 1 aliphatic rings. The van der Waals surface area contributed by atoms with E-state index in [1.165, 1.54) is 5.57 Å². The van der Waals surface area contributed by atoms with Crippen molar-refractivity contribution in [1.29, 1.82) is 0 Å². The molecule has 1 heterocycles. The molecule has 1 atom stereocenters. The molecule has 1 saturated heterocycles. The summed E-state index contributed by atoms with van der Waals surface area (Å²) in [5.41, 5.74) is 6.46. The first-order valence-electron chi connectivity index (χ1n) is 2.46. The van der Waals surface area contributed by atoms with Gasteiger partial charge < -0.3 is 11.1 Å². The number of nitrogens with two attached hydrogens (primary N) is 1. The van der Waals surface area contributed by atoms with Crippen molar-refractivity contribution >= 4 is 0 Å². The summed E-state index contributed by atoms with van der Waals surface area (Å²) in [7, 11) is 0. The standard InChI is InChI=1S/C5H10N2/c1-4(2-6)5-3-7-5/h2,5,7H,3,6H2,1H3/b4-2-/t5-/m1/s1. The molecule has 0 unspecified atom stereocenters. The SMILES string of the molecule is C/C(=C/N)[C@H]1CN1. The number of rotatable bonds is 1. The van der Waals surface area contributed by atoms with Gasteiger partial charge in [-0.1, -0.05) is 0 Å². The fourth-order valence-electron chi connectivity index (χ4n) is 0.497. The Morgan fingerprint density at radius 3 is 2.71 bits per heavy atom. The van der Waals surface area contributed by atoms with E-state index in [0.29, 0.717) is 6.04 Å². The monoisotopic (exact) mass is 98.1 g/mol. The Kier molecular flexibility index (Phi) is 1.02. The Morgan fingerprint density at radius 1 is 2.00 bits per heavy atom. The van der Waals surface area contributed by atoms with E-state index in [1.807, 2.05) is 6.92 Å². The van der Waals surface area contributed by atoms with Gasteiger partial charge in [-0.05, 0) is 18.7 Å². The van der Waals surface area contributed by atoms with Crippen LogP contribution in [0.1, 0.15) is 6.92 Å². The van der Waals surface area contributed by atoms with Crippen molar-refractivity contribution in [2.75, 3.05) is 6.54 Å². The van der Waals surface area contributed by atoms with E-state index in [1.54, 1.807) is 6.20 Å². The van der Waals surface area contributed by atoms with Crippen molar-refractivity contribution in [1.82, 2.24) is 5.32 Å². The van der Waals surface area contributed by atoms with Gasteiger partial charge in [-0.15, -0.1) is 0 Å². The Balaban J connectivity index is 2.37. The lowest BCUT2D eigenvalue weighted by atomic mass is 10.2. The molecular weight excluding hydrogens is 88.1 g/mol. The molecule has 0 aliphatic carbocycles. The topological polar surface area (TPSA) is 48.0 Å². The third kappa shape index (κ3) is 0.933. The summed E-state index contributed by atoms with van der Waals surface area (Å²) in [6, 6.07) is 0.602. The summed E-state index contributed by atoms with van der Waals surface area (Å²) >= 11 is 0. The quantitative estimate of drug-likeness (QED) is 0.447. The fourth-order valence-corrected chi connectivity index (χ4v) is 0.497. The van der Waals surface area contributed by atoms with Gasteiger partial charge >= 0.3 is 0 Å². The highest BCUT2D eigenvalue weighted by atomic mass is 15.1. The van der Waals surface area contributed by atoms with Crippen LogP contribution in [0.15, 0.2) is 11.8 Å². The summed E-state index contributed by atoms with van der Waals surface area (Å²) in [5.74, 6) is 0. The van der Waals surface area contributed by atoms with E-state index in [9.17, 15) is 0 Å². The van der Waals surface area contributed by atoms with Gasteiger partial charge in [0.25, 0.3) is 0 Å². The molecular formula is C5H10N2. The molecule has 40 valence electrons. The van der Waals surface area contributed by atoms with Gasteiger partial charge in [-0.3, -0.25) is 0 Å². The molecule has 1 fully saturated rings. The molecule has 0 aromatic heterocycles. The van der Waals surface area contributed by atoms with Crippen LogP contribution in [-0.4, -0.2) is 12.6 Å². The van der Waals surface area contributed by atoms with E-state index in [2.05, 4.69) is 5.32 Å². The second-order valence-electron chi connectivity index (χ2n) is 1.87. The van der Waals surface area contributed by atoms with Crippen molar-refractivity contribution in [2.24, 2.45) is 5.73 Å². The van der Waals surface area contributed by atoms with Crippen molar-refractivity contribution in [3.8, 4) is 0 Å². The zero-order valence-corrected chi connectivity index (χ0v) is 4.44. The minimum atomic E-state index is 0.602. The van der Waals surface area contributed by atoms with Crippen LogP contribution in [0.4, 0.5) is 0 Å². The van der Waals surface area contributed by atoms with Crippen LogP contribution in [0.3, 0.4) is 0 Å². The first kappa shape index (κ1) is 4.65. The van der Waals surface area contributed by atoms with Gasteiger partial charge in [0.1, 0.15) is 0 Å². The normalized spacial score (nSPS) is 30.4. The van der Waals surface area contributed by atoms with Crippen molar-refractivity contribution in [3.05, 3.63) is 11.8 Å². The van der Waals surface area contributed by atoms with E-state index in [4.69, 9.17) is 5.73 Å². The Bertz CT molecular complexity index is 92.3. The molecule has 7 heavy (non-hydrogen) atoms. The summed E-state index contributed by atoms with van der Waals surface area (Å²) < 4.78 is 0. The van der Waals surface area contributed by atoms with Gasteiger partial charge in [0.2, 0.25) is 0 Å². The predicted octanol–water partition coefficient (Wildman–Crippen LogP) is -0.179. The Hall–Kier alpha value is -0.500. The summed E-state index contributed by atoms with van der Waals surface area (Å²) in [5, 5.41) is 3.14. The molecule has 1 aliphatic heterocycles. The Morgan fingerprint density at radius 2 is 2.57 bits per heavy atom. The van der Waals surface area contributed by atoms with Gasteiger partial charge in [0.15, 0.2) is 0 Å². The second kappa shape index (κ2) is 1.54. The molecule has 0 bridgehead atoms. The van der Waals surface area contributed by atoms with E-state index in [0.717, 1.165) is 6.54 Å². The zero-order chi connectivity index (χ0) is 5.28. The Labute approximate surface area is 43.4 Å². The molecule has 2 heteroatoms. The van der Waals surface area contributed by atoms with Crippen LogP contribution in [0.5, 0.6) is 0 Å². The largest absolute Gasteiger partial charge is 0.405 e. The molecule has 2 nitrogen and oxygen atoms in total.